The van der Waals surface area contributed by atoms with Gasteiger partial charge in [0.25, 0.3) is 0 Å². The number of aromatic nitrogens is 2. The minimum Gasteiger partial charge on any atom is -0.409 e. The van der Waals surface area contributed by atoms with E-state index in [1.807, 2.05) is 14.1 Å². The Labute approximate surface area is 162 Å². The van der Waals surface area contributed by atoms with Gasteiger partial charge in [0.1, 0.15) is 0 Å². The second-order valence-corrected chi connectivity index (χ2v) is 13.4. The van der Waals surface area contributed by atoms with Gasteiger partial charge in [-0.2, -0.15) is 4.98 Å². The van der Waals surface area contributed by atoms with Gasteiger partial charge in [0.2, 0.25) is 0 Å². The summed E-state index contributed by atoms with van der Waals surface area (Å²) in [5, 5.41) is 9.58. The molecule has 9 heteroatoms. The molecule has 1 saturated heterocycles. The number of hydrogen-bond donors (Lipinski definition) is 1. The van der Waals surface area contributed by atoms with E-state index in [9.17, 15) is 9.90 Å². The van der Waals surface area contributed by atoms with Crippen LogP contribution in [-0.2, 0) is 9.16 Å². The lowest BCUT2D eigenvalue weighted by Crippen LogP contribution is -2.46. The minimum absolute atomic E-state index is 0.0306. The van der Waals surface area contributed by atoms with E-state index >= 15 is 0 Å². The Kier molecular flexibility index (Phi) is 6.62. The van der Waals surface area contributed by atoms with Gasteiger partial charge in [-0.05, 0) is 24.2 Å². The summed E-state index contributed by atoms with van der Waals surface area (Å²) in [6.07, 6.45) is 2.48. The van der Waals surface area contributed by atoms with Crippen molar-refractivity contribution >= 4 is 20.5 Å². The molecule has 1 fully saturated rings. The summed E-state index contributed by atoms with van der Waals surface area (Å²) >= 11 is 0. The van der Waals surface area contributed by atoms with E-state index in [1.54, 1.807) is 23.5 Å². The van der Waals surface area contributed by atoms with Crippen LogP contribution in [0.15, 0.2) is 22.1 Å². The molecule has 0 spiro atoms. The van der Waals surface area contributed by atoms with Gasteiger partial charge in [-0.1, -0.05) is 20.8 Å². The third-order valence-electron chi connectivity index (χ3n) is 5.11. The molecule has 1 aliphatic heterocycles. The number of hydrogen-bond acceptors (Lipinski definition) is 6. The fraction of sp³-hybridized carbons (Fsp3) is 0.722. The van der Waals surface area contributed by atoms with Crippen molar-refractivity contribution in [1.82, 2.24) is 14.5 Å². The van der Waals surface area contributed by atoms with E-state index in [4.69, 9.17) is 9.16 Å². The Morgan fingerprint density at radius 1 is 1.48 bits per heavy atom. The molecule has 1 aliphatic rings. The summed E-state index contributed by atoms with van der Waals surface area (Å²) < 4.78 is 13.8. The van der Waals surface area contributed by atoms with Crippen LogP contribution in [0.25, 0.3) is 0 Å². The number of aliphatic imine (C=N–C) groups is 1. The highest BCUT2D eigenvalue weighted by atomic mass is 28.4. The van der Waals surface area contributed by atoms with Crippen molar-refractivity contribution in [2.45, 2.75) is 63.8 Å². The third-order valence-corrected chi connectivity index (χ3v) is 9.62. The molecule has 1 aromatic heterocycles. The Balaban J connectivity index is 2.29. The Morgan fingerprint density at radius 3 is 2.67 bits per heavy atom. The molecule has 0 radical (unpaired) electrons. The summed E-state index contributed by atoms with van der Waals surface area (Å²) in [4.78, 5) is 22.5. The lowest BCUT2D eigenvalue weighted by Gasteiger charge is -2.39. The zero-order valence-electron chi connectivity index (χ0n) is 17.3. The zero-order chi connectivity index (χ0) is 20.4. The number of ether oxygens (including phenoxy) is 1. The van der Waals surface area contributed by atoms with Crippen molar-refractivity contribution in [2.75, 3.05) is 20.7 Å². The molecule has 0 amide bonds. The molecule has 0 bridgehead atoms. The van der Waals surface area contributed by atoms with Crippen molar-refractivity contribution in [3.63, 3.8) is 0 Å². The van der Waals surface area contributed by atoms with E-state index in [1.165, 1.54) is 4.57 Å². The summed E-state index contributed by atoms with van der Waals surface area (Å²) in [6.45, 7) is 10.7. The average molecular weight is 397 g/mol. The molecule has 152 valence electrons. The van der Waals surface area contributed by atoms with Gasteiger partial charge in [0.15, 0.2) is 20.4 Å². The third kappa shape index (κ3) is 5.25. The van der Waals surface area contributed by atoms with Gasteiger partial charge in [-0.15, -0.1) is 0 Å². The molecule has 0 unspecified atom stereocenters. The molecule has 0 aliphatic carbocycles. The fourth-order valence-corrected chi connectivity index (χ4v) is 3.91. The van der Waals surface area contributed by atoms with Gasteiger partial charge >= 0.3 is 5.69 Å². The number of nitrogens with zero attached hydrogens (tertiary/aromatic N) is 4. The average Bonchev–Trinajstić information content (AvgIpc) is 2.94. The van der Waals surface area contributed by atoms with Crippen molar-refractivity contribution in [2.24, 2.45) is 4.99 Å². The van der Waals surface area contributed by atoms with E-state index in [0.717, 1.165) is 0 Å². The summed E-state index contributed by atoms with van der Waals surface area (Å²) in [5.74, 6) is 0.337. The molecule has 8 nitrogen and oxygen atoms in total. The molecule has 0 saturated carbocycles. The first-order valence-electron chi connectivity index (χ1n) is 9.18. The van der Waals surface area contributed by atoms with Crippen LogP contribution in [-0.4, -0.2) is 67.1 Å². The molecule has 3 atom stereocenters. The smallest absolute Gasteiger partial charge is 0.351 e. The van der Waals surface area contributed by atoms with Crippen LogP contribution < -0.4 is 5.69 Å². The molecule has 1 N–H and O–H groups in total. The second kappa shape index (κ2) is 8.22. The topological polar surface area (TPSA) is 89.2 Å². The lowest BCUT2D eigenvalue weighted by molar-refractivity contribution is -0.0502. The van der Waals surface area contributed by atoms with Crippen LogP contribution in [0.4, 0.5) is 5.82 Å². The van der Waals surface area contributed by atoms with Gasteiger partial charge in [0.05, 0.1) is 25.2 Å². The van der Waals surface area contributed by atoms with Crippen LogP contribution in [0.3, 0.4) is 0 Å². The molecular formula is C18H32N4O4Si. The predicted molar refractivity (Wildman–Crippen MR) is 108 cm³/mol. The Morgan fingerprint density at radius 2 is 2.15 bits per heavy atom. The standard InChI is InChI=1S/C18H32N4O4Si/c1-18(2,3)27(6,7)26-14-10-13(11-23)25-16(14)22-9-8-15(20-17(22)24)19-12-21(4)5/h8-9,12-14,16,23H,10-11H2,1-7H3/b19-12+/t13-,14-,16+/m0/s1. The van der Waals surface area contributed by atoms with Crippen molar-refractivity contribution in [3.05, 3.63) is 22.7 Å². The van der Waals surface area contributed by atoms with Crippen LogP contribution >= 0.6 is 0 Å². The molecule has 27 heavy (non-hydrogen) atoms. The number of rotatable bonds is 6. The first-order chi connectivity index (χ1) is 12.4. The summed E-state index contributed by atoms with van der Waals surface area (Å²) in [5.41, 5.74) is -0.448. The van der Waals surface area contributed by atoms with E-state index in [0.29, 0.717) is 12.2 Å². The second-order valence-electron chi connectivity index (χ2n) is 8.67. The van der Waals surface area contributed by atoms with Gasteiger partial charge in [-0.3, -0.25) is 4.57 Å². The van der Waals surface area contributed by atoms with E-state index in [-0.39, 0.29) is 23.9 Å². The van der Waals surface area contributed by atoms with Crippen molar-refractivity contribution in [1.29, 1.82) is 0 Å². The molecular weight excluding hydrogens is 364 g/mol. The Bertz CT molecular complexity index is 727. The SMILES string of the molecule is CN(C)/C=N/c1ccn([C@@H]2O[C@H](CO)C[C@@H]2O[Si](C)(C)C(C)(C)C)c(=O)n1. The highest BCUT2D eigenvalue weighted by Crippen LogP contribution is 2.41. The first kappa shape index (κ1) is 21.7. The molecule has 1 aromatic rings. The van der Waals surface area contributed by atoms with Crippen LogP contribution in [0.5, 0.6) is 0 Å². The fourth-order valence-electron chi connectivity index (χ4n) is 2.58. The zero-order valence-corrected chi connectivity index (χ0v) is 18.3. The molecule has 2 rings (SSSR count). The van der Waals surface area contributed by atoms with Crippen LogP contribution in [0, 0.1) is 0 Å². The normalized spacial score (nSPS) is 23.9. The maximum absolute atomic E-state index is 12.6. The molecule has 0 aromatic carbocycles. The van der Waals surface area contributed by atoms with E-state index in [2.05, 4.69) is 43.8 Å². The van der Waals surface area contributed by atoms with Gasteiger partial charge < -0.3 is 19.2 Å². The number of aliphatic hydroxyl groups is 1. The van der Waals surface area contributed by atoms with Gasteiger partial charge in [0, 0.05) is 26.7 Å². The lowest BCUT2D eigenvalue weighted by atomic mass is 10.2. The molecule has 2 heterocycles. The Hall–Kier alpha value is -1.55. The van der Waals surface area contributed by atoms with Crippen molar-refractivity contribution in [3.8, 4) is 0 Å². The largest absolute Gasteiger partial charge is 0.409 e. The van der Waals surface area contributed by atoms with Gasteiger partial charge in [-0.25, -0.2) is 9.79 Å². The predicted octanol–water partition coefficient (Wildman–Crippen LogP) is 2.13. The maximum Gasteiger partial charge on any atom is 0.351 e. The van der Waals surface area contributed by atoms with Crippen molar-refractivity contribution < 1.29 is 14.3 Å². The minimum atomic E-state index is -2.07. The highest BCUT2D eigenvalue weighted by molar-refractivity contribution is 6.74. The van der Waals surface area contributed by atoms with E-state index < -0.39 is 20.2 Å². The number of aliphatic hydroxyl groups excluding tert-OH is 1. The van der Waals surface area contributed by atoms with Crippen LogP contribution in [0.1, 0.15) is 33.4 Å². The first-order valence-corrected chi connectivity index (χ1v) is 12.1. The monoisotopic (exact) mass is 396 g/mol. The maximum atomic E-state index is 12.6. The quantitative estimate of drug-likeness (QED) is 0.450. The summed E-state index contributed by atoms with van der Waals surface area (Å²) in [7, 11) is 1.62. The highest BCUT2D eigenvalue weighted by Gasteiger charge is 2.45. The van der Waals surface area contributed by atoms with Crippen LogP contribution in [0.2, 0.25) is 18.1 Å². The summed E-state index contributed by atoms with van der Waals surface area (Å²) in [6, 6.07) is 1.67.